The minimum Gasteiger partial charge on any atom is -0.222 e. The summed E-state index contributed by atoms with van der Waals surface area (Å²) in [5.74, 6) is 0. The Morgan fingerprint density at radius 3 is 2.67 bits per heavy atom. The van der Waals surface area contributed by atoms with Gasteiger partial charge in [0.1, 0.15) is 5.15 Å². The molecule has 1 aromatic heterocycles. The quantitative estimate of drug-likeness (QED) is 0.759. The molecule has 0 bridgehead atoms. The van der Waals surface area contributed by atoms with E-state index in [1.165, 1.54) is 18.4 Å². The Balaban J connectivity index is 2.11. The summed E-state index contributed by atoms with van der Waals surface area (Å²) in [7, 11) is 0. The van der Waals surface area contributed by atoms with Gasteiger partial charge >= 0.3 is 0 Å². The number of aryl methyl sites for hydroxylation is 2. The van der Waals surface area contributed by atoms with Gasteiger partial charge in [-0.3, -0.25) is 0 Å². The van der Waals surface area contributed by atoms with Crippen LogP contribution < -0.4 is 0 Å². The maximum Gasteiger partial charge on any atom is 0.136 e. The number of benzene rings is 1. The molecule has 0 spiro atoms. The molecule has 0 amide bonds. The van der Waals surface area contributed by atoms with Crippen LogP contribution in [0.1, 0.15) is 29.7 Å². The molecular formula is C14H14Cl2N2. The van der Waals surface area contributed by atoms with Crippen LogP contribution >= 0.6 is 23.2 Å². The van der Waals surface area contributed by atoms with E-state index in [1.54, 1.807) is 0 Å². The standard InChI is InChI=1S/C14H14Cl2N2/c1-9-6-7-10(8-12(9)15)18-14(16)11-4-2-3-5-13(11)17-18/h6-8H,2-5H2,1H3. The second kappa shape index (κ2) is 4.60. The summed E-state index contributed by atoms with van der Waals surface area (Å²) in [5, 5.41) is 6.11. The van der Waals surface area contributed by atoms with E-state index in [-0.39, 0.29) is 0 Å². The third kappa shape index (κ3) is 1.94. The van der Waals surface area contributed by atoms with Gasteiger partial charge in [0, 0.05) is 10.6 Å². The first-order chi connectivity index (χ1) is 8.66. The maximum absolute atomic E-state index is 6.43. The molecule has 0 radical (unpaired) electrons. The van der Waals surface area contributed by atoms with Crippen molar-refractivity contribution in [2.45, 2.75) is 32.6 Å². The predicted octanol–water partition coefficient (Wildman–Crippen LogP) is 4.37. The van der Waals surface area contributed by atoms with Crippen LogP contribution in [0.3, 0.4) is 0 Å². The Hall–Kier alpha value is -0.990. The van der Waals surface area contributed by atoms with Crippen LogP contribution in [0.5, 0.6) is 0 Å². The topological polar surface area (TPSA) is 17.8 Å². The third-order valence-electron chi connectivity index (χ3n) is 3.49. The lowest BCUT2D eigenvalue weighted by molar-refractivity contribution is 0.671. The molecule has 3 rings (SSSR count). The molecule has 0 saturated heterocycles. The van der Waals surface area contributed by atoms with Crippen molar-refractivity contribution in [1.29, 1.82) is 0 Å². The number of halogens is 2. The van der Waals surface area contributed by atoms with E-state index in [2.05, 4.69) is 5.10 Å². The van der Waals surface area contributed by atoms with Crippen LogP contribution in [-0.4, -0.2) is 9.78 Å². The van der Waals surface area contributed by atoms with Crippen LogP contribution in [0.2, 0.25) is 10.2 Å². The van der Waals surface area contributed by atoms with E-state index in [4.69, 9.17) is 23.2 Å². The summed E-state index contributed by atoms with van der Waals surface area (Å²) in [6.45, 7) is 1.99. The summed E-state index contributed by atoms with van der Waals surface area (Å²) < 4.78 is 1.81. The van der Waals surface area contributed by atoms with Crippen molar-refractivity contribution < 1.29 is 0 Å². The molecule has 0 fully saturated rings. The average Bonchev–Trinajstić information content (AvgIpc) is 2.71. The lowest BCUT2D eigenvalue weighted by atomic mass is 9.99. The van der Waals surface area contributed by atoms with E-state index < -0.39 is 0 Å². The van der Waals surface area contributed by atoms with Crippen molar-refractivity contribution in [2.24, 2.45) is 0 Å². The van der Waals surface area contributed by atoms with Crippen LogP contribution in [0.4, 0.5) is 0 Å². The first kappa shape index (κ1) is 12.1. The molecule has 0 unspecified atom stereocenters. The van der Waals surface area contributed by atoms with E-state index in [9.17, 15) is 0 Å². The van der Waals surface area contributed by atoms with Gasteiger partial charge in [-0.2, -0.15) is 5.10 Å². The van der Waals surface area contributed by atoms with Gasteiger partial charge in [0.25, 0.3) is 0 Å². The number of hydrogen-bond acceptors (Lipinski definition) is 1. The molecule has 0 saturated carbocycles. The highest BCUT2D eigenvalue weighted by molar-refractivity contribution is 6.32. The van der Waals surface area contributed by atoms with Gasteiger partial charge in [-0.05, 0) is 50.3 Å². The molecule has 94 valence electrons. The summed E-state index contributed by atoms with van der Waals surface area (Å²) in [5.41, 5.74) is 4.35. The van der Waals surface area contributed by atoms with Gasteiger partial charge in [-0.25, -0.2) is 4.68 Å². The van der Waals surface area contributed by atoms with E-state index >= 15 is 0 Å². The SMILES string of the molecule is Cc1ccc(-n2nc3c(c2Cl)CCCC3)cc1Cl. The first-order valence-electron chi connectivity index (χ1n) is 6.19. The van der Waals surface area contributed by atoms with Gasteiger partial charge in [0.2, 0.25) is 0 Å². The normalized spacial score (nSPS) is 14.6. The highest BCUT2D eigenvalue weighted by Gasteiger charge is 2.20. The van der Waals surface area contributed by atoms with Gasteiger partial charge in [0.15, 0.2) is 0 Å². The monoisotopic (exact) mass is 280 g/mol. The third-order valence-corrected chi connectivity index (χ3v) is 4.29. The number of aromatic nitrogens is 2. The zero-order valence-electron chi connectivity index (χ0n) is 10.2. The molecule has 0 aliphatic heterocycles. The summed E-state index contributed by atoms with van der Waals surface area (Å²) in [6.07, 6.45) is 4.47. The number of nitrogens with zero attached hydrogens (tertiary/aromatic N) is 2. The molecule has 1 aromatic carbocycles. The fourth-order valence-electron chi connectivity index (χ4n) is 2.40. The van der Waals surface area contributed by atoms with Gasteiger partial charge in [-0.1, -0.05) is 29.3 Å². The molecule has 18 heavy (non-hydrogen) atoms. The Bertz CT molecular complexity index is 602. The van der Waals surface area contributed by atoms with Gasteiger partial charge in [0.05, 0.1) is 11.4 Å². The van der Waals surface area contributed by atoms with Crippen molar-refractivity contribution in [1.82, 2.24) is 9.78 Å². The van der Waals surface area contributed by atoms with Crippen molar-refractivity contribution in [3.05, 3.63) is 45.2 Å². The van der Waals surface area contributed by atoms with Crippen LogP contribution in [0.15, 0.2) is 18.2 Å². The fourth-order valence-corrected chi connectivity index (χ4v) is 2.91. The summed E-state index contributed by atoms with van der Waals surface area (Å²) in [6, 6.07) is 5.92. The molecule has 2 aromatic rings. The average molecular weight is 281 g/mol. The van der Waals surface area contributed by atoms with Crippen molar-refractivity contribution >= 4 is 23.2 Å². The molecule has 1 aliphatic carbocycles. The smallest absolute Gasteiger partial charge is 0.136 e. The van der Waals surface area contributed by atoms with E-state index in [0.717, 1.165) is 40.0 Å². The van der Waals surface area contributed by atoms with Crippen molar-refractivity contribution in [3.63, 3.8) is 0 Å². The van der Waals surface area contributed by atoms with E-state index in [1.807, 2.05) is 29.8 Å². The van der Waals surface area contributed by atoms with Gasteiger partial charge in [-0.15, -0.1) is 0 Å². The molecule has 4 heteroatoms. The van der Waals surface area contributed by atoms with E-state index in [0.29, 0.717) is 0 Å². The number of hydrogen-bond donors (Lipinski definition) is 0. The zero-order chi connectivity index (χ0) is 12.7. The lowest BCUT2D eigenvalue weighted by Gasteiger charge is -2.08. The minimum atomic E-state index is 0.740. The molecule has 1 aliphatic rings. The fraction of sp³-hybridized carbons (Fsp3) is 0.357. The first-order valence-corrected chi connectivity index (χ1v) is 6.95. The Kier molecular flexibility index (Phi) is 3.08. The number of rotatable bonds is 1. The van der Waals surface area contributed by atoms with Crippen molar-refractivity contribution in [2.75, 3.05) is 0 Å². The summed E-state index contributed by atoms with van der Waals surface area (Å²) >= 11 is 12.6. The van der Waals surface area contributed by atoms with Crippen LogP contribution in [-0.2, 0) is 12.8 Å². The Morgan fingerprint density at radius 1 is 1.17 bits per heavy atom. The van der Waals surface area contributed by atoms with Crippen molar-refractivity contribution in [3.8, 4) is 5.69 Å². The second-order valence-corrected chi connectivity index (χ2v) is 5.53. The zero-order valence-corrected chi connectivity index (χ0v) is 11.7. The predicted molar refractivity (Wildman–Crippen MR) is 75.0 cm³/mol. The number of fused-ring (bicyclic) bond motifs is 1. The van der Waals surface area contributed by atoms with Gasteiger partial charge < -0.3 is 0 Å². The Labute approximate surface area is 117 Å². The lowest BCUT2D eigenvalue weighted by Crippen LogP contribution is -2.00. The second-order valence-electron chi connectivity index (χ2n) is 4.77. The Morgan fingerprint density at radius 2 is 1.94 bits per heavy atom. The summed E-state index contributed by atoms with van der Waals surface area (Å²) in [4.78, 5) is 0. The molecule has 2 nitrogen and oxygen atoms in total. The molecule has 0 atom stereocenters. The highest BCUT2D eigenvalue weighted by atomic mass is 35.5. The largest absolute Gasteiger partial charge is 0.222 e. The maximum atomic E-state index is 6.43. The molecular weight excluding hydrogens is 267 g/mol. The molecule has 1 heterocycles. The minimum absolute atomic E-state index is 0.740. The van der Waals surface area contributed by atoms with Crippen LogP contribution in [0, 0.1) is 6.92 Å². The highest BCUT2D eigenvalue weighted by Crippen LogP contribution is 2.30. The van der Waals surface area contributed by atoms with Crippen LogP contribution in [0.25, 0.3) is 5.69 Å². The molecule has 0 N–H and O–H groups in total.